The van der Waals surface area contributed by atoms with Crippen molar-refractivity contribution in [3.8, 4) is 0 Å². The van der Waals surface area contributed by atoms with E-state index in [0.29, 0.717) is 18.4 Å². The summed E-state index contributed by atoms with van der Waals surface area (Å²) in [5.74, 6) is 0.487. The Balaban J connectivity index is 2.26. The van der Waals surface area contributed by atoms with Crippen LogP contribution >= 0.6 is 0 Å². The number of hydrogen-bond donors (Lipinski definition) is 1. The van der Waals surface area contributed by atoms with Crippen molar-refractivity contribution < 1.29 is 9.90 Å². The summed E-state index contributed by atoms with van der Waals surface area (Å²) in [6, 6.07) is 0.612. The summed E-state index contributed by atoms with van der Waals surface area (Å²) in [4.78, 5) is 13.1. The molecule has 1 saturated heterocycles. The van der Waals surface area contributed by atoms with Gasteiger partial charge in [-0.3, -0.25) is 4.79 Å². The molecule has 1 heterocycles. The van der Waals surface area contributed by atoms with Gasteiger partial charge >= 0.3 is 5.97 Å². The highest BCUT2D eigenvalue weighted by molar-refractivity contribution is 5.67. The van der Waals surface area contributed by atoms with Crippen LogP contribution in [0.15, 0.2) is 0 Å². The average Bonchev–Trinajstić information content (AvgIpc) is 2.61. The number of carbonyl (C=O) groups is 1. The normalized spacial score (nSPS) is 23.9. The molecule has 1 N–H and O–H groups in total. The van der Waals surface area contributed by atoms with Gasteiger partial charge in [0.25, 0.3) is 0 Å². The van der Waals surface area contributed by atoms with E-state index in [1.165, 1.54) is 12.8 Å². The fraction of sp³-hybridized carbons (Fsp3) is 0.923. The van der Waals surface area contributed by atoms with Gasteiger partial charge in [-0.15, -0.1) is 0 Å². The van der Waals surface area contributed by atoms with E-state index >= 15 is 0 Å². The number of carboxylic acid groups (broad SMARTS) is 1. The quantitative estimate of drug-likeness (QED) is 0.758. The predicted molar refractivity (Wildman–Crippen MR) is 65.5 cm³/mol. The molecule has 0 aliphatic carbocycles. The van der Waals surface area contributed by atoms with Crippen LogP contribution in [0.4, 0.5) is 0 Å². The molecule has 0 radical (unpaired) electrons. The molecule has 3 heteroatoms. The third-order valence-electron chi connectivity index (χ3n) is 3.57. The second-order valence-electron chi connectivity index (χ2n) is 5.57. The van der Waals surface area contributed by atoms with E-state index in [4.69, 9.17) is 5.11 Å². The topological polar surface area (TPSA) is 40.5 Å². The number of aliphatic carboxylic acids is 1. The zero-order chi connectivity index (χ0) is 12.1. The molecule has 1 aliphatic rings. The first-order chi connectivity index (χ1) is 7.49. The molecule has 0 bridgehead atoms. The Morgan fingerprint density at radius 2 is 2.06 bits per heavy atom. The second kappa shape index (κ2) is 6.24. The minimum absolute atomic E-state index is 0.341. The van der Waals surface area contributed by atoms with Gasteiger partial charge in [0.05, 0.1) is 0 Å². The Kier molecular flexibility index (Phi) is 5.26. The van der Waals surface area contributed by atoms with Crippen molar-refractivity contribution in [3.05, 3.63) is 0 Å². The van der Waals surface area contributed by atoms with Gasteiger partial charge in [0.2, 0.25) is 0 Å². The van der Waals surface area contributed by atoms with Crippen LogP contribution in [-0.4, -0.2) is 35.1 Å². The van der Waals surface area contributed by atoms with Crippen molar-refractivity contribution in [1.82, 2.24) is 4.90 Å². The smallest absolute Gasteiger partial charge is 0.303 e. The maximum absolute atomic E-state index is 10.6. The van der Waals surface area contributed by atoms with Gasteiger partial charge in [0, 0.05) is 19.0 Å². The lowest BCUT2D eigenvalue weighted by atomic mass is 10.0. The molecular weight excluding hydrogens is 202 g/mol. The van der Waals surface area contributed by atoms with Crippen LogP contribution in [0.25, 0.3) is 0 Å². The van der Waals surface area contributed by atoms with Crippen LogP contribution in [0, 0.1) is 11.8 Å². The molecule has 1 rings (SSSR count). The summed E-state index contributed by atoms with van der Waals surface area (Å²) in [6.45, 7) is 8.84. The molecule has 0 aromatic heterocycles. The summed E-state index contributed by atoms with van der Waals surface area (Å²) >= 11 is 0. The maximum Gasteiger partial charge on any atom is 0.303 e. The standard InChI is InChI=1S/C13H25NO2/c1-10(2)4-5-11(3)14-7-6-12(9-14)8-13(15)16/h10-12H,4-9H2,1-3H3,(H,15,16). The van der Waals surface area contributed by atoms with E-state index in [1.807, 2.05) is 0 Å². The summed E-state index contributed by atoms with van der Waals surface area (Å²) in [6.07, 6.45) is 3.89. The van der Waals surface area contributed by atoms with Gasteiger partial charge in [0.15, 0.2) is 0 Å². The summed E-state index contributed by atoms with van der Waals surface area (Å²) < 4.78 is 0. The van der Waals surface area contributed by atoms with Gasteiger partial charge in [-0.2, -0.15) is 0 Å². The van der Waals surface area contributed by atoms with Gasteiger partial charge in [-0.05, 0) is 44.6 Å². The van der Waals surface area contributed by atoms with Crippen molar-refractivity contribution in [1.29, 1.82) is 0 Å². The fourth-order valence-electron chi connectivity index (χ4n) is 2.43. The molecule has 2 atom stereocenters. The monoisotopic (exact) mass is 227 g/mol. The summed E-state index contributed by atoms with van der Waals surface area (Å²) in [5.41, 5.74) is 0. The van der Waals surface area contributed by atoms with E-state index in [2.05, 4.69) is 25.7 Å². The Morgan fingerprint density at radius 3 is 2.62 bits per heavy atom. The first kappa shape index (κ1) is 13.5. The zero-order valence-corrected chi connectivity index (χ0v) is 10.8. The van der Waals surface area contributed by atoms with Gasteiger partial charge in [-0.25, -0.2) is 0 Å². The SMILES string of the molecule is CC(C)CCC(C)N1CCC(CC(=O)O)C1. The molecule has 16 heavy (non-hydrogen) atoms. The second-order valence-corrected chi connectivity index (χ2v) is 5.57. The number of nitrogens with zero attached hydrogens (tertiary/aromatic N) is 1. The lowest BCUT2D eigenvalue weighted by Crippen LogP contribution is -2.31. The number of hydrogen-bond acceptors (Lipinski definition) is 2. The molecule has 2 unspecified atom stereocenters. The molecule has 94 valence electrons. The minimum Gasteiger partial charge on any atom is -0.481 e. The highest BCUT2D eigenvalue weighted by Gasteiger charge is 2.27. The van der Waals surface area contributed by atoms with Crippen LogP contribution in [-0.2, 0) is 4.79 Å². The highest BCUT2D eigenvalue weighted by Crippen LogP contribution is 2.23. The van der Waals surface area contributed by atoms with Crippen molar-refractivity contribution in [2.45, 2.75) is 52.5 Å². The maximum atomic E-state index is 10.6. The third-order valence-corrected chi connectivity index (χ3v) is 3.57. The fourth-order valence-corrected chi connectivity index (χ4v) is 2.43. The Labute approximate surface area is 98.8 Å². The van der Waals surface area contributed by atoms with E-state index in [-0.39, 0.29) is 0 Å². The molecule has 0 aromatic carbocycles. The van der Waals surface area contributed by atoms with Crippen molar-refractivity contribution >= 4 is 5.97 Å². The number of likely N-dealkylation sites (tertiary alicyclic amines) is 1. The minimum atomic E-state index is -0.651. The van der Waals surface area contributed by atoms with Crippen molar-refractivity contribution in [2.75, 3.05) is 13.1 Å². The molecule has 1 aliphatic heterocycles. The van der Waals surface area contributed by atoms with E-state index in [1.54, 1.807) is 0 Å². The molecule has 3 nitrogen and oxygen atoms in total. The van der Waals surface area contributed by atoms with Crippen molar-refractivity contribution in [2.24, 2.45) is 11.8 Å². The van der Waals surface area contributed by atoms with E-state index in [0.717, 1.165) is 25.4 Å². The van der Waals surface area contributed by atoms with Crippen molar-refractivity contribution in [3.63, 3.8) is 0 Å². The molecular formula is C13H25NO2. The van der Waals surface area contributed by atoms with E-state index < -0.39 is 5.97 Å². The average molecular weight is 227 g/mol. The predicted octanol–water partition coefficient (Wildman–Crippen LogP) is 2.61. The lowest BCUT2D eigenvalue weighted by molar-refractivity contribution is -0.138. The molecule has 1 fully saturated rings. The number of carboxylic acids is 1. The Bertz CT molecular complexity index is 228. The third kappa shape index (κ3) is 4.52. The van der Waals surface area contributed by atoms with Gasteiger partial charge in [-0.1, -0.05) is 13.8 Å². The van der Waals surface area contributed by atoms with Crippen LogP contribution in [0.5, 0.6) is 0 Å². The first-order valence-electron chi connectivity index (χ1n) is 6.45. The van der Waals surface area contributed by atoms with Gasteiger partial charge < -0.3 is 10.0 Å². The molecule has 0 spiro atoms. The number of rotatable bonds is 6. The van der Waals surface area contributed by atoms with Gasteiger partial charge in [0.1, 0.15) is 0 Å². The summed E-state index contributed by atoms with van der Waals surface area (Å²) in [5, 5.41) is 8.76. The van der Waals surface area contributed by atoms with Crippen LogP contribution in [0.1, 0.15) is 46.5 Å². The Hall–Kier alpha value is -0.570. The largest absolute Gasteiger partial charge is 0.481 e. The van der Waals surface area contributed by atoms with Crippen LogP contribution < -0.4 is 0 Å². The van der Waals surface area contributed by atoms with E-state index in [9.17, 15) is 4.79 Å². The molecule has 0 saturated carbocycles. The Morgan fingerprint density at radius 1 is 1.38 bits per heavy atom. The van der Waals surface area contributed by atoms with Crippen LogP contribution in [0.3, 0.4) is 0 Å². The molecule has 0 aromatic rings. The first-order valence-corrected chi connectivity index (χ1v) is 6.45. The molecule has 0 amide bonds. The van der Waals surface area contributed by atoms with Crippen LogP contribution in [0.2, 0.25) is 0 Å². The lowest BCUT2D eigenvalue weighted by Gasteiger charge is -2.24. The highest BCUT2D eigenvalue weighted by atomic mass is 16.4. The summed E-state index contributed by atoms with van der Waals surface area (Å²) in [7, 11) is 0. The zero-order valence-electron chi connectivity index (χ0n) is 10.8.